The molecule has 0 radical (unpaired) electrons. The maximum Gasteiger partial charge on any atom is 0.234 e. The molecule has 8 heteroatoms. The van der Waals surface area contributed by atoms with E-state index in [9.17, 15) is 14.0 Å². The van der Waals surface area contributed by atoms with Crippen molar-refractivity contribution in [2.45, 2.75) is 25.0 Å². The molecule has 2 amide bonds. The van der Waals surface area contributed by atoms with Crippen LogP contribution in [-0.2, 0) is 20.7 Å². The lowest BCUT2D eigenvalue weighted by atomic mass is 9.76. The van der Waals surface area contributed by atoms with Crippen LogP contribution in [0.2, 0.25) is 0 Å². The number of hydrogen-bond donors (Lipinski definition) is 1. The zero-order chi connectivity index (χ0) is 21.0. The van der Waals surface area contributed by atoms with Gasteiger partial charge in [0.25, 0.3) is 0 Å². The van der Waals surface area contributed by atoms with Crippen LogP contribution in [0.1, 0.15) is 11.1 Å². The van der Waals surface area contributed by atoms with Crippen LogP contribution in [0.15, 0.2) is 42.7 Å². The molecule has 0 unspecified atom stereocenters. The van der Waals surface area contributed by atoms with E-state index >= 15 is 0 Å². The molecule has 5 rings (SSSR count). The van der Waals surface area contributed by atoms with Gasteiger partial charge in [0, 0.05) is 25.5 Å². The quantitative estimate of drug-likeness (QED) is 0.763. The second kappa shape index (κ2) is 6.77. The van der Waals surface area contributed by atoms with Gasteiger partial charge in [-0.3, -0.25) is 14.7 Å². The number of likely N-dealkylation sites (N-methyl/N-ethyl adjacent to an activating group) is 1. The molecule has 2 saturated heterocycles. The molecule has 4 heterocycles. The van der Waals surface area contributed by atoms with Crippen molar-refractivity contribution in [1.29, 1.82) is 0 Å². The number of aryl methyl sites for hydroxylation is 1. The molecule has 2 bridgehead atoms. The van der Waals surface area contributed by atoms with E-state index in [2.05, 4.69) is 10.2 Å². The minimum atomic E-state index is -0.797. The molecule has 30 heavy (non-hydrogen) atoms. The van der Waals surface area contributed by atoms with Crippen LogP contribution in [0.25, 0.3) is 0 Å². The van der Waals surface area contributed by atoms with E-state index in [0.29, 0.717) is 30.8 Å². The highest BCUT2D eigenvalue weighted by molar-refractivity contribution is 6.03. The third-order valence-electron chi connectivity index (χ3n) is 6.50. The molecule has 4 atom stereocenters. The highest BCUT2D eigenvalue weighted by atomic mass is 19.1. The average Bonchev–Trinajstić information content (AvgIpc) is 3.48. The number of nitrogens with one attached hydrogen (secondary N) is 1. The summed E-state index contributed by atoms with van der Waals surface area (Å²) in [6.07, 6.45) is 7.66. The number of ether oxygens (including phenoxy) is 1. The first-order valence-electron chi connectivity index (χ1n) is 10.1. The predicted octanol–water partition coefficient (Wildman–Crippen LogP) is 1.84. The maximum absolute atomic E-state index is 13.5. The van der Waals surface area contributed by atoms with Crippen LogP contribution in [0, 0.1) is 24.6 Å². The molecule has 2 aromatic rings. The van der Waals surface area contributed by atoms with Gasteiger partial charge in [0.15, 0.2) is 0 Å². The summed E-state index contributed by atoms with van der Waals surface area (Å²) in [6, 6.07) is 4.38. The van der Waals surface area contributed by atoms with Crippen LogP contribution in [0.3, 0.4) is 0 Å². The van der Waals surface area contributed by atoms with Crippen molar-refractivity contribution in [3.8, 4) is 0 Å². The molecule has 0 saturated carbocycles. The summed E-state index contributed by atoms with van der Waals surface area (Å²) >= 11 is 0. The summed E-state index contributed by atoms with van der Waals surface area (Å²) in [5.41, 5.74) is 1.56. The van der Waals surface area contributed by atoms with Crippen molar-refractivity contribution in [3.05, 3.63) is 59.7 Å². The Labute approximate surface area is 173 Å². The number of aromatic nitrogens is 2. The van der Waals surface area contributed by atoms with Gasteiger partial charge in [0.05, 0.1) is 30.7 Å². The Morgan fingerprint density at radius 2 is 2.30 bits per heavy atom. The molecule has 7 nitrogen and oxygen atoms in total. The Morgan fingerprint density at radius 3 is 3.03 bits per heavy atom. The lowest BCUT2D eigenvalue weighted by Gasteiger charge is -2.27. The Hall–Kier alpha value is -3.00. The Kier molecular flexibility index (Phi) is 4.28. The van der Waals surface area contributed by atoms with E-state index in [1.165, 1.54) is 12.1 Å². The van der Waals surface area contributed by atoms with Gasteiger partial charge in [0.2, 0.25) is 11.8 Å². The SMILES string of the molecule is Cc1cc(F)ccc1N1C[C@]23C=C[C@H](O2)[C@H](C(=O)N(C)CCc2cn[nH]c2)[C@H]3C1=O. The number of fused-ring (bicyclic) bond motifs is 1. The molecule has 3 aliphatic rings. The smallest absolute Gasteiger partial charge is 0.234 e. The third-order valence-corrected chi connectivity index (χ3v) is 6.50. The van der Waals surface area contributed by atoms with Crippen molar-refractivity contribution in [1.82, 2.24) is 15.1 Å². The van der Waals surface area contributed by atoms with Crippen LogP contribution >= 0.6 is 0 Å². The number of hydrogen-bond acceptors (Lipinski definition) is 4. The van der Waals surface area contributed by atoms with Crippen molar-refractivity contribution >= 4 is 17.5 Å². The van der Waals surface area contributed by atoms with Crippen molar-refractivity contribution in [2.75, 3.05) is 25.0 Å². The largest absolute Gasteiger partial charge is 0.360 e. The van der Waals surface area contributed by atoms with Gasteiger partial charge in [-0.15, -0.1) is 0 Å². The van der Waals surface area contributed by atoms with Gasteiger partial charge in [-0.05, 0) is 42.7 Å². The second-order valence-electron chi connectivity index (χ2n) is 8.37. The number of anilines is 1. The molecular formula is C22H23FN4O3. The van der Waals surface area contributed by atoms with Gasteiger partial charge in [-0.25, -0.2) is 4.39 Å². The second-order valence-corrected chi connectivity index (χ2v) is 8.37. The van der Waals surface area contributed by atoms with E-state index in [1.54, 1.807) is 42.2 Å². The number of halogens is 1. The first kappa shape index (κ1) is 19.0. The fourth-order valence-electron chi connectivity index (χ4n) is 4.98. The standard InChI is InChI=1S/C22H23FN4O3/c1-13-9-15(23)3-4-16(13)27-12-22-7-5-17(30-22)18(19(22)21(27)29)20(28)26(2)8-6-14-10-24-25-11-14/h3-5,7,9-11,17-19H,6,8,12H2,1-2H3,(H,24,25)/t17-,18-,19-,22-/m0/s1. The van der Waals surface area contributed by atoms with E-state index < -0.39 is 17.4 Å². The number of carbonyl (C=O) groups is 2. The normalized spacial score (nSPS) is 29.0. The van der Waals surface area contributed by atoms with Gasteiger partial charge < -0.3 is 14.5 Å². The highest BCUT2D eigenvalue weighted by Crippen LogP contribution is 2.53. The van der Waals surface area contributed by atoms with E-state index in [0.717, 1.165) is 5.56 Å². The van der Waals surface area contributed by atoms with Gasteiger partial charge in [-0.2, -0.15) is 5.10 Å². The maximum atomic E-state index is 13.5. The first-order chi connectivity index (χ1) is 14.4. The lowest BCUT2D eigenvalue weighted by Crippen LogP contribution is -2.45. The zero-order valence-corrected chi connectivity index (χ0v) is 16.8. The molecule has 156 valence electrons. The number of carbonyl (C=O) groups excluding carboxylic acids is 2. The number of benzene rings is 1. The van der Waals surface area contributed by atoms with Gasteiger partial charge >= 0.3 is 0 Å². The van der Waals surface area contributed by atoms with Crippen molar-refractivity contribution < 1.29 is 18.7 Å². The first-order valence-corrected chi connectivity index (χ1v) is 10.1. The van der Waals surface area contributed by atoms with E-state index in [4.69, 9.17) is 4.74 Å². The summed E-state index contributed by atoms with van der Waals surface area (Å²) < 4.78 is 19.7. The Morgan fingerprint density at radius 1 is 1.47 bits per heavy atom. The predicted molar refractivity (Wildman–Crippen MR) is 107 cm³/mol. The van der Waals surface area contributed by atoms with Crippen LogP contribution in [0.4, 0.5) is 10.1 Å². The lowest BCUT2D eigenvalue weighted by molar-refractivity contribution is -0.139. The number of nitrogens with zero attached hydrogens (tertiary/aromatic N) is 3. The number of aromatic amines is 1. The number of amides is 2. The van der Waals surface area contributed by atoms with Crippen LogP contribution in [-0.4, -0.2) is 58.8 Å². The average molecular weight is 410 g/mol. The topological polar surface area (TPSA) is 78.5 Å². The molecule has 1 spiro atoms. The third kappa shape index (κ3) is 2.78. The van der Waals surface area contributed by atoms with Crippen molar-refractivity contribution in [2.24, 2.45) is 11.8 Å². The zero-order valence-electron chi connectivity index (χ0n) is 16.8. The monoisotopic (exact) mass is 410 g/mol. The summed E-state index contributed by atoms with van der Waals surface area (Å²) in [4.78, 5) is 30.0. The summed E-state index contributed by atoms with van der Waals surface area (Å²) in [5.74, 6) is -1.70. The summed E-state index contributed by atoms with van der Waals surface area (Å²) in [6.45, 7) is 2.64. The number of rotatable bonds is 5. The molecular weight excluding hydrogens is 387 g/mol. The Balaban J connectivity index is 1.39. The molecule has 0 aliphatic carbocycles. The van der Waals surface area contributed by atoms with E-state index in [1.807, 2.05) is 12.2 Å². The molecule has 1 aromatic heterocycles. The van der Waals surface area contributed by atoms with Crippen molar-refractivity contribution in [3.63, 3.8) is 0 Å². The van der Waals surface area contributed by atoms with Gasteiger partial charge in [0.1, 0.15) is 11.4 Å². The molecule has 2 fully saturated rings. The van der Waals surface area contributed by atoms with Crippen LogP contribution in [0.5, 0.6) is 0 Å². The minimum absolute atomic E-state index is 0.0919. The summed E-state index contributed by atoms with van der Waals surface area (Å²) in [7, 11) is 1.76. The minimum Gasteiger partial charge on any atom is -0.360 e. The van der Waals surface area contributed by atoms with Crippen LogP contribution < -0.4 is 4.90 Å². The molecule has 1 N–H and O–H groups in total. The van der Waals surface area contributed by atoms with E-state index in [-0.39, 0.29) is 23.7 Å². The van der Waals surface area contributed by atoms with Gasteiger partial charge in [-0.1, -0.05) is 12.2 Å². The molecule has 3 aliphatic heterocycles. The number of H-pyrrole nitrogens is 1. The highest BCUT2D eigenvalue weighted by Gasteiger charge is 2.67. The Bertz CT molecular complexity index is 1040. The fourth-order valence-corrected chi connectivity index (χ4v) is 4.98. The fraction of sp³-hybridized carbons (Fsp3) is 0.409. The molecule has 1 aromatic carbocycles. The summed E-state index contributed by atoms with van der Waals surface area (Å²) in [5, 5.41) is 6.69.